The molecule has 1 nitrogen and oxygen atoms in total. The summed E-state index contributed by atoms with van der Waals surface area (Å²) in [4.78, 5) is 0. The van der Waals surface area contributed by atoms with Crippen LogP contribution in [-0.4, -0.2) is 12.1 Å². The van der Waals surface area contributed by atoms with Gasteiger partial charge in [-0.3, -0.25) is 0 Å². The Balaban J connectivity index is 1.92. The van der Waals surface area contributed by atoms with Crippen LogP contribution >= 0.6 is 0 Å². The molecular formula is C7H13N. The van der Waals surface area contributed by atoms with Crippen LogP contribution in [0.4, 0.5) is 0 Å². The summed E-state index contributed by atoms with van der Waals surface area (Å²) >= 11 is 0. The molecule has 1 spiro atoms. The lowest BCUT2D eigenvalue weighted by atomic mass is 9.64. The van der Waals surface area contributed by atoms with Gasteiger partial charge in [-0.25, -0.2) is 0 Å². The van der Waals surface area contributed by atoms with Crippen molar-refractivity contribution in [3.05, 3.63) is 0 Å². The van der Waals surface area contributed by atoms with Crippen LogP contribution in [0, 0.1) is 5.92 Å². The fourth-order valence-corrected chi connectivity index (χ4v) is 2.10. The van der Waals surface area contributed by atoms with E-state index in [1.807, 2.05) is 0 Å². The van der Waals surface area contributed by atoms with Crippen LogP contribution in [0.3, 0.4) is 0 Å². The van der Waals surface area contributed by atoms with E-state index in [0.717, 1.165) is 5.92 Å². The SMILES string of the molecule is CC1CC2(CCN2)C1. The fourth-order valence-electron chi connectivity index (χ4n) is 2.10. The number of hydrogen-bond acceptors (Lipinski definition) is 1. The first kappa shape index (κ1) is 4.80. The van der Waals surface area contributed by atoms with Gasteiger partial charge in [0, 0.05) is 5.54 Å². The molecule has 2 fully saturated rings. The molecule has 0 aromatic carbocycles. The molecule has 0 aromatic heterocycles. The molecule has 1 saturated carbocycles. The van der Waals surface area contributed by atoms with E-state index < -0.39 is 0 Å². The molecule has 0 amide bonds. The maximum absolute atomic E-state index is 3.49. The summed E-state index contributed by atoms with van der Waals surface area (Å²) in [5.74, 6) is 1.00. The molecule has 1 N–H and O–H groups in total. The van der Waals surface area contributed by atoms with Gasteiger partial charge in [0.25, 0.3) is 0 Å². The average Bonchev–Trinajstić information content (AvgIpc) is 1.51. The standard InChI is InChI=1S/C7H13N/c1-6-4-7(5-6)2-3-8-7/h6,8H,2-5H2,1H3. The first-order chi connectivity index (χ1) is 3.81. The predicted octanol–water partition coefficient (Wildman–Crippen LogP) is 1.15. The van der Waals surface area contributed by atoms with E-state index in [-0.39, 0.29) is 0 Å². The summed E-state index contributed by atoms with van der Waals surface area (Å²) in [5.41, 5.74) is 0.666. The highest BCUT2D eigenvalue weighted by molar-refractivity contribution is 5.05. The Hall–Kier alpha value is -0.0400. The van der Waals surface area contributed by atoms with Crippen molar-refractivity contribution >= 4 is 0 Å². The molecule has 1 heterocycles. The summed E-state index contributed by atoms with van der Waals surface area (Å²) in [6.07, 6.45) is 4.32. The highest BCUT2D eigenvalue weighted by atomic mass is 15.1. The maximum Gasteiger partial charge on any atom is 0.0198 e. The van der Waals surface area contributed by atoms with E-state index in [9.17, 15) is 0 Å². The molecular weight excluding hydrogens is 98.1 g/mol. The second kappa shape index (κ2) is 1.27. The van der Waals surface area contributed by atoms with Crippen molar-refractivity contribution in [2.75, 3.05) is 6.54 Å². The zero-order valence-corrected chi connectivity index (χ0v) is 5.41. The Morgan fingerprint density at radius 2 is 2.12 bits per heavy atom. The van der Waals surface area contributed by atoms with Gasteiger partial charge in [0.1, 0.15) is 0 Å². The van der Waals surface area contributed by atoms with Crippen LogP contribution in [0.5, 0.6) is 0 Å². The van der Waals surface area contributed by atoms with Crippen molar-refractivity contribution in [1.82, 2.24) is 5.32 Å². The average molecular weight is 111 g/mol. The monoisotopic (exact) mass is 111 g/mol. The third-order valence-electron chi connectivity index (χ3n) is 2.58. The van der Waals surface area contributed by atoms with Gasteiger partial charge in [0.2, 0.25) is 0 Å². The zero-order chi connectivity index (χ0) is 5.61. The first-order valence-corrected chi connectivity index (χ1v) is 3.56. The minimum atomic E-state index is 0.666. The highest BCUT2D eigenvalue weighted by Gasteiger charge is 2.45. The Morgan fingerprint density at radius 3 is 2.25 bits per heavy atom. The smallest absolute Gasteiger partial charge is 0.0198 e. The lowest BCUT2D eigenvalue weighted by molar-refractivity contribution is 0.0491. The van der Waals surface area contributed by atoms with Crippen molar-refractivity contribution in [1.29, 1.82) is 0 Å². The molecule has 1 heteroatoms. The van der Waals surface area contributed by atoms with Gasteiger partial charge >= 0.3 is 0 Å². The molecule has 0 bridgehead atoms. The van der Waals surface area contributed by atoms with Crippen molar-refractivity contribution in [3.63, 3.8) is 0 Å². The van der Waals surface area contributed by atoms with Crippen molar-refractivity contribution in [2.45, 2.75) is 31.7 Å². The molecule has 2 aliphatic rings. The molecule has 0 radical (unpaired) electrons. The lowest BCUT2D eigenvalue weighted by Crippen LogP contribution is -2.63. The summed E-state index contributed by atoms with van der Waals surface area (Å²) in [6, 6.07) is 0. The second-order valence-corrected chi connectivity index (χ2v) is 3.47. The number of hydrogen-bond donors (Lipinski definition) is 1. The van der Waals surface area contributed by atoms with Gasteiger partial charge in [0.05, 0.1) is 0 Å². The minimum Gasteiger partial charge on any atom is -0.311 e. The summed E-state index contributed by atoms with van der Waals surface area (Å²) in [7, 11) is 0. The summed E-state index contributed by atoms with van der Waals surface area (Å²) < 4.78 is 0. The van der Waals surface area contributed by atoms with Gasteiger partial charge in [-0.1, -0.05) is 6.92 Å². The molecule has 1 aliphatic heterocycles. The molecule has 46 valence electrons. The van der Waals surface area contributed by atoms with Gasteiger partial charge in [-0.15, -0.1) is 0 Å². The van der Waals surface area contributed by atoms with Crippen molar-refractivity contribution in [3.8, 4) is 0 Å². The van der Waals surface area contributed by atoms with Crippen LogP contribution in [0.25, 0.3) is 0 Å². The highest BCUT2D eigenvalue weighted by Crippen LogP contribution is 2.43. The molecule has 0 aromatic rings. The van der Waals surface area contributed by atoms with E-state index in [2.05, 4.69) is 12.2 Å². The van der Waals surface area contributed by atoms with Crippen LogP contribution in [0.1, 0.15) is 26.2 Å². The molecule has 1 saturated heterocycles. The topological polar surface area (TPSA) is 12.0 Å². The van der Waals surface area contributed by atoms with Crippen LogP contribution < -0.4 is 5.32 Å². The Morgan fingerprint density at radius 1 is 1.50 bits per heavy atom. The summed E-state index contributed by atoms with van der Waals surface area (Å²) in [6.45, 7) is 3.61. The molecule has 0 unspecified atom stereocenters. The van der Waals surface area contributed by atoms with Crippen LogP contribution in [-0.2, 0) is 0 Å². The fraction of sp³-hybridized carbons (Fsp3) is 1.00. The normalized spacial score (nSPS) is 52.9. The first-order valence-electron chi connectivity index (χ1n) is 3.56. The minimum absolute atomic E-state index is 0.666. The van der Waals surface area contributed by atoms with Gasteiger partial charge in [-0.05, 0) is 31.7 Å². The van der Waals surface area contributed by atoms with Crippen LogP contribution in [0.2, 0.25) is 0 Å². The molecule has 1 aliphatic carbocycles. The van der Waals surface area contributed by atoms with Crippen molar-refractivity contribution in [2.24, 2.45) is 5.92 Å². The second-order valence-electron chi connectivity index (χ2n) is 3.47. The quantitative estimate of drug-likeness (QED) is 0.494. The number of rotatable bonds is 0. The largest absolute Gasteiger partial charge is 0.311 e. The Labute approximate surface area is 50.5 Å². The Bertz CT molecular complexity index is 97.0. The van der Waals surface area contributed by atoms with E-state index in [1.54, 1.807) is 0 Å². The van der Waals surface area contributed by atoms with E-state index in [1.165, 1.54) is 25.8 Å². The van der Waals surface area contributed by atoms with Crippen LogP contribution in [0.15, 0.2) is 0 Å². The van der Waals surface area contributed by atoms with Crippen molar-refractivity contribution < 1.29 is 0 Å². The van der Waals surface area contributed by atoms with Gasteiger partial charge < -0.3 is 5.32 Å². The third-order valence-corrected chi connectivity index (χ3v) is 2.58. The molecule has 0 atom stereocenters. The predicted molar refractivity (Wildman–Crippen MR) is 33.7 cm³/mol. The summed E-state index contributed by atoms with van der Waals surface area (Å²) in [5, 5.41) is 3.49. The Kier molecular flexibility index (Phi) is 0.762. The third kappa shape index (κ3) is 0.455. The zero-order valence-electron chi connectivity index (χ0n) is 5.41. The molecule has 8 heavy (non-hydrogen) atoms. The van der Waals surface area contributed by atoms with Gasteiger partial charge in [0.15, 0.2) is 0 Å². The van der Waals surface area contributed by atoms with E-state index in [0.29, 0.717) is 5.54 Å². The maximum atomic E-state index is 3.49. The van der Waals surface area contributed by atoms with E-state index >= 15 is 0 Å². The molecule has 2 rings (SSSR count). The van der Waals surface area contributed by atoms with Gasteiger partial charge in [-0.2, -0.15) is 0 Å². The number of nitrogens with one attached hydrogen (secondary N) is 1. The lowest BCUT2D eigenvalue weighted by Gasteiger charge is -2.54. The van der Waals surface area contributed by atoms with E-state index in [4.69, 9.17) is 0 Å².